The standard InChI is InChI=1S/C22H23NO8S/c1-28-19-11-16(12-20-21(19)30-9-8-29-20)22(25)31-13-18(24)15-5-6-17-14(10-15)4-3-7-23(17)32(2,26)27/h5-6,10-12H,3-4,7-9,13H2,1-2H3. The average molecular weight is 461 g/mol. The topological polar surface area (TPSA) is 108 Å². The van der Waals surface area contributed by atoms with E-state index in [0.717, 1.165) is 11.8 Å². The normalized spacial score (nSPS) is 15.0. The number of anilines is 1. The van der Waals surface area contributed by atoms with Crippen LogP contribution in [0.1, 0.15) is 32.7 Å². The highest BCUT2D eigenvalue weighted by Gasteiger charge is 2.25. The summed E-state index contributed by atoms with van der Waals surface area (Å²) in [5.41, 5.74) is 1.88. The number of rotatable bonds is 6. The summed E-state index contributed by atoms with van der Waals surface area (Å²) >= 11 is 0. The minimum Gasteiger partial charge on any atom is -0.493 e. The molecule has 0 aromatic heterocycles. The molecule has 2 aliphatic heterocycles. The van der Waals surface area contributed by atoms with Gasteiger partial charge in [-0.15, -0.1) is 0 Å². The number of carbonyl (C=O) groups excluding carboxylic acids is 2. The second-order valence-corrected chi connectivity index (χ2v) is 9.39. The number of fused-ring (bicyclic) bond motifs is 2. The largest absolute Gasteiger partial charge is 0.493 e. The number of methoxy groups -OCH3 is 1. The summed E-state index contributed by atoms with van der Waals surface area (Å²) in [4.78, 5) is 25.1. The molecule has 0 fully saturated rings. The number of benzene rings is 2. The number of carbonyl (C=O) groups is 2. The molecule has 2 heterocycles. The van der Waals surface area contributed by atoms with Gasteiger partial charge in [0.15, 0.2) is 23.9 Å². The Kier molecular flexibility index (Phi) is 5.96. The van der Waals surface area contributed by atoms with Gasteiger partial charge in [0, 0.05) is 12.1 Å². The number of hydrogen-bond acceptors (Lipinski definition) is 8. The Labute approximate surface area is 185 Å². The zero-order chi connectivity index (χ0) is 22.9. The van der Waals surface area contributed by atoms with Crippen LogP contribution in [0.25, 0.3) is 0 Å². The number of aryl methyl sites for hydroxylation is 1. The van der Waals surface area contributed by atoms with Crippen LogP contribution in [0.2, 0.25) is 0 Å². The van der Waals surface area contributed by atoms with Crippen LogP contribution in [-0.4, -0.2) is 59.9 Å². The van der Waals surface area contributed by atoms with Crippen molar-refractivity contribution in [2.75, 3.05) is 44.0 Å². The number of ketones is 1. The van der Waals surface area contributed by atoms with Crippen molar-refractivity contribution in [1.29, 1.82) is 0 Å². The molecular formula is C22H23NO8S. The molecular weight excluding hydrogens is 438 g/mol. The fourth-order valence-electron chi connectivity index (χ4n) is 3.77. The molecule has 9 nitrogen and oxygen atoms in total. The van der Waals surface area contributed by atoms with Crippen molar-refractivity contribution in [1.82, 2.24) is 0 Å². The first kappa shape index (κ1) is 21.9. The summed E-state index contributed by atoms with van der Waals surface area (Å²) in [7, 11) is -1.94. The van der Waals surface area contributed by atoms with Crippen LogP contribution < -0.4 is 18.5 Å². The molecule has 0 atom stereocenters. The number of Topliss-reactive ketones (excluding diaryl/α,β-unsaturated/α-hetero) is 1. The second-order valence-electron chi connectivity index (χ2n) is 7.48. The Hall–Kier alpha value is -3.27. The molecule has 4 rings (SSSR count). The maximum atomic E-state index is 12.6. The Morgan fingerprint density at radius 2 is 1.88 bits per heavy atom. The Morgan fingerprint density at radius 1 is 1.09 bits per heavy atom. The second kappa shape index (κ2) is 8.70. The summed E-state index contributed by atoms with van der Waals surface area (Å²) in [6.07, 6.45) is 2.49. The van der Waals surface area contributed by atoms with E-state index in [2.05, 4.69) is 0 Å². The van der Waals surface area contributed by atoms with Crippen molar-refractivity contribution in [2.24, 2.45) is 0 Å². The highest BCUT2D eigenvalue weighted by molar-refractivity contribution is 7.92. The molecule has 0 radical (unpaired) electrons. The first-order chi connectivity index (χ1) is 15.3. The van der Waals surface area contributed by atoms with Gasteiger partial charge in [0.2, 0.25) is 15.8 Å². The fraction of sp³-hybridized carbons (Fsp3) is 0.364. The van der Waals surface area contributed by atoms with Gasteiger partial charge in [-0.2, -0.15) is 0 Å². The van der Waals surface area contributed by atoms with E-state index in [-0.39, 0.29) is 11.3 Å². The van der Waals surface area contributed by atoms with Gasteiger partial charge in [0.1, 0.15) is 13.2 Å². The molecule has 10 heteroatoms. The molecule has 0 amide bonds. The molecule has 0 spiro atoms. The summed E-state index contributed by atoms with van der Waals surface area (Å²) in [5, 5.41) is 0. The highest BCUT2D eigenvalue weighted by Crippen LogP contribution is 2.40. The quantitative estimate of drug-likeness (QED) is 0.476. The molecule has 32 heavy (non-hydrogen) atoms. The first-order valence-corrected chi connectivity index (χ1v) is 11.9. The number of hydrogen-bond donors (Lipinski definition) is 0. The Bertz CT molecular complexity index is 1160. The lowest BCUT2D eigenvalue weighted by Gasteiger charge is -2.29. The van der Waals surface area contributed by atoms with Crippen LogP contribution in [-0.2, 0) is 21.2 Å². The third-order valence-corrected chi connectivity index (χ3v) is 6.46. The van der Waals surface area contributed by atoms with E-state index in [1.54, 1.807) is 18.2 Å². The van der Waals surface area contributed by atoms with E-state index in [1.807, 2.05) is 0 Å². The molecule has 2 aliphatic rings. The van der Waals surface area contributed by atoms with Gasteiger partial charge < -0.3 is 18.9 Å². The summed E-state index contributed by atoms with van der Waals surface area (Å²) in [6.45, 7) is 0.687. The zero-order valence-corrected chi connectivity index (χ0v) is 18.6. The minimum absolute atomic E-state index is 0.174. The van der Waals surface area contributed by atoms with Crippen LogP contribution in [0.15, 0.2) is 30.3 Å². The van der Waals surface area contributed by atoms with Gasteiger partial charge >= 0.3 is 5.97 Å². The average Bonchev–Trinajstić information content (AvgIpc) is 2.80. The van der Waals surface area contributed by atoms with E-state index in [9.17, 15) is 18.0 Å². The number of nitrogens with zero attached hydrogens (tertiary/aromatic N) is 1. The maximum absolute atomic E-state index is 12.6. The van der Waals surface area contributed by atoms with Gasteiger partial charge in [-0.05, 0) is 48.7 Å². The van der Waals surface area contributed by atoms with Gasteiger partial charge in [0.25, 0.3) is 0 Å². The van der Waals surface area contributed by atoms with Crippen LogP contribution in [0.5, 0.6) is 17.2 Å². The molecule has 0 aliphatic carbocycles. The monoisotopic (exact) mass is 461 g/mol. The molecule has 0 saturated heterocycles. The Balaban J connectivity index is 1.47. The zero-order valence-electron chi connectivity index (χ0n) is 17.8. The summed E-state index contributed by atoms with van der Waals surface area (Å²) in [5.74, 6) is 0.0464. The molecule has 0 unspecified atom stereocenters. The summed E-state index contributed by atoms with van der Waals surface area (Å²) < 4.78 is 46.8. The molecule has 2 aromatic carbocycles. The van der Waals surface area contributed by atoms with Crippen molar-refractivity contribution in [3.05, 3.63) is 47.0 Å². The molecule has 0 saturated carbocycles. The SMILES string of the molecule is COc1cc(C(=O)OCC(=O)c2ccc3c(c2)CCCN3S(C)(=O)=O)cc2c1OCCO2. The lowest BCUT2D eigenvalue weighted by molar-refractivity contribution is 0.0473. The minimum atomic E-state index is -3.39. The van der Waals surface area contributed by atoms with E-state index >= 15 is 0 Å². The lowest BCUT2D eigenvalue weighted by Crippen LogP contribution is -2.34. The highest BCUT2D eigenvalue weighted by atomic mass is 32.2. The van der Waals surface area contributed by atoms with Crippen LogP contribution >= 0.6 is 0 Å². The third-order valence-electron chi connectivity index (χ3n) is 5.28. The lowest BCUT2D eigenvalue weighted by atomic mass is 9.99. The van der Waals surface area contributed by atoms with Crippen molar-refractivity contribution in [2.45, 2.75) is 12.8 Å². The van der Waals surface area contributed by atoms with Crippen molar-refractivity contribution < 1.29 is 37.0 Å². The number of esters is 1. The van der Waals surface area contributed by atoms with E-state index < -0.39 is 22.6 Å². The molecule has 0 N–H and O–H groups in total. The first-order valence-electron chi connectivity index (χ1n) is 10.1. The molecule has 2 aromatic rings. The van der Waals surface area contributed by atoms with E-state index in [4.69, 9.17) is 18.9 Å². The molecule has 0 bridgehead atoms. The van der Waals surface area contributed by atoms with Gasteiger partial charge in [-0.3, -0.25) is 9.10 Å². The van der Waals surface area contributed by atoms with Crippen LogP contribution in [0.3, 0.4) is 0 Å². The smallest absolute Gasteiger partial charge is 0.338 e. The number of ether oxygens (including phenoxy) is 4. The Morgan fingerprint density at radius 3 is 2.62 bits per heavy atom. The third kappa shape index (κ3) is 4.36. The number of sulfonamides is 1. The van der Waals surface area contributed by atoms with Crippen molar-refractivity contribution >= 4 is 27.5 Å². The van der Waals surface area contributed by atoms with Crippen molar-refractivity contribution in [3.8, 4) is 17.2 Å². The van der Waals surface area contributed by atoms with Gasteiger partial charge in [-0.25, -0.2) is 13.2 Å². The van der Waals surface area contributed by atoms with Gasteiger partial charge in [0.05, 0.1) is 24.6 Å². The van der Waals surface area contributed by atoms with E-state index in [1.165, 1.54) is 23.5 Å². The van der Waals surface area contributed by atoms with Crippen LogP contribution in [0.4, 0.5) is 5.69 Å². The van der Waals surface area contributed by atoms with Crippen molar-refractivity contribution in [3.63, 3.8) is 0 Å². The molecule has 170 valence electrons. The maximum Gasteiger partial charge on any atom is 0.338 e. The van der Waals surface area contributed by atoms with Crippen LogP contribution in [0, 0.1) is 0 Å². The predicted octanol–water partition coefficient (Wildman–Crippen LogP) is 2.22. The fourth-order valence-corrected chi connectivity index (χ4v) is 4.77. The predicted molar refractivity (Wildman–Crippen MR) is 116 cm³/mol. The summed E-state index contributed by atoms with van der Waals surface area (Å²) in [6, 6.07) is 7.79. The van der Waals surface area contributed by atoms with E-state index in [0.29, 0.717) is 61.1 Å². The van der Waals surface area contributed by atoms with Gasteiger partial charge in [-0.1, -0.05) is 0 Å².